The normalized spacial score (nSPS) is 21.2. The van der Waals surface area contributed by atoms with Crippen LogP contribution in [0.1, 0.15) is 50.2 Å². The zero-order chi connectivity index (χ0) is 13.8. The Bertz CT molecular complexity index is 438. The molecule has 19 heavy (non-hydrogen) atoms. The first kappa shape index (κ1) is 14.3. The molecular weight excluding hydrogens is 256 g/mol. The first-order chi connectivity index (χ1) is 9.06. The predicted octanol–water partition coefficient (Wildman–Crippen LogP) is 2.81. The predicted molar refractivity (Wildman–Crippen MR) is 81.5 cm³/mol. The van der Waals surface area contributed by atoms with Crippen LogP contribution < -0.4 is 5.73 Å². The number of guanidine groups is 1. The summed E-state index contributed by atoms with van der Waals surface area (Å²) < 4.78 is 0. The van der Waals surface area contributed by atoms with E-state index < -0.39 is 0 Å². The van der Waals surface area contributed by atoms with Gasteiger partial charge in [-0.1, -0.05) is 20.8 Å². The van der Waals surface area contributed by atoms with Gasteiger partial charge in [-0.2, -0.15) is 0 Å². The number of hydrogen-bond donors (Lipinski definition) is 1. The maximum Gasteiger partial charge on any atom is 0.191 e. The van der Waals surface area contributed by atoms with E-state index in [2.05, 4.69) is 41.0 Å². The zero-order valence-corrected chi connectivity index (χ0v) is 12.9. The molecule has 0 saturated carbocycles. The fourth-order valence-electron chi connectivity index (χ4n) is 2.31. The minimum atomic E-state index is 0.481. The molecule has 1 unspecified atom stereocenters. The molecule has 0 amide bonds. The third-order valence-electron chi connectivity index (χ3n) is 3.52. The Morgan fingerprint density at radius 2 is 2.42 bits per heavy atom. The summed E-state index contributed by atoms with van der Waals surface area (Å²) in [4.78, 5) is 11.3. The molecule has 5 heteroatoms. The van der Waals surface area contributed by atoms with Crippen LogP contribution in [0.15, 0.2) is 10.4 Å². The Kier molecular flexibility index (Phi) is 4.80. The number of nitrogens with zero attached hydrogens (tertiary/aromatic N) is 3. The van der Waals surface area contributed by atoms with Crippen molar-refractivity contribution in [3.8, 4) is 0 Å². The number of aromatic nitrogens is 1. The average molecular weight is 280 g/mol. The standard InChI is InChI=1S/C14H24N4S/c1-10(2)12-9-19-13(17-12)7-16-14(15)18-6-4-5-11(3)8-18/h9-11H,4-8H2,1-3H3,(H2,15,16). The Hall–Kier alpha value is -1.10. The van der Waals surface area contributed by atoms with Crippen LogP contribution in [0.5, 0.6) is 0 Å². The van der Waals surface area contributed by atoms with Crippen molar-refractivity contribution in [2.24, 2.45) is 16.6 Å². The summed E-state index contributed by atoms with van der Waals surface area (Å²) in [5, 5.41) is 3.17. The lowest BCUT2D eigenvalue weighted by atomic mass is 10.0. The van der Waals surface area contributed by atoms with E-state index >= 15 is 0 Å². The second kappa shape index (κ2) is 6.37. The highest BCUT2D eigenvalue weighted by molar-refractivity contribution is 7.09. The topological polar surface area (TPSA) is 54.5 Å². The number of likely N-dealkylation sites (tertiary alicyclic amines) is 1. The maximum atomic E-state index is 6.08. The van der Waals surface area contributed by atoms with E-state index in [9.17, 15) is 0 Å². The van der Waals surface area contributed by atoms with Crippen LogP contribution in [0.25, 0.3) is 0 Å². The number of hydrogen-bond acceptors (Lipinski definition) is 3. The van der Waals surface area contributed by atoms with E-state index in [1.807, 2.05) is 0 Å². The van der Waals surface area contributed by atoms with E-state index in [4.69, 9.17) is 5.73 Å². The van der Waals surface area contributed by atoms with Gasteiger partial charge in [-0.3, -0.25) is 0 Å². The highest BCUT2D eigenvalue weighted by Crippen LogP contribution is 2.19. The van der Waals surface area contributed by atoms with Crippen molar-refractivity contribution in [1.29, 1.82) is 0 Å². The minimum absolute atomic E-state index is 0.481. The van der Waals surface area contributed by atoms with E-state index in [1.165, 1.54) is 12.8 Å². The number of piperidine rings is 1. The third-order valence-corrected chi connectivity index (χ3v) is 4.37. The van der Waals surface area contributed by atoms with Gasteiger partial charge in [-0.05, 0) is 24.7 Å². The summed E-state index contributed by atoms with van der Waals surface area (Å²) in [5.74, 6) is 1.87. The molecule has 2 N–H and O–H groups in total. The number of nitrogens with two attached hydrogens (primary N) is 1. The molecular formula is C14H24N4S. The van der Waals surface area contributed by atoms with Gasteiger partial charge in [0.15, 0.2) is 5.96 Å². The molecule has 0 aliphatic carbocycles. The van der Waals surface area contributed by atoms with Gasteiger partial charge in [0.2, 0.25) is 0 Å². The summed E-state index contributed by atoms with van der Waals surface area (Å²) in [6.45, 7) is 9.26. The fourth-order valence-corrected chi connectivity index (χ4v) is 3.19. The average Bonchev–Trinajstić information content (AvgIpc) is 2.85. The summed E-state index contributed by atoms with van der Waals surface area (Å²) in [6.07, 6.45) is 2.51. The van der Waals surface area contributed by atoms with Crippen molar-refractivity contribution in [1.82, 2.24) is 9.88 Å². The molecule has 0 aromatic carbocycles. The van der Waals surface area contributed by atoms with Gasteiger partial charge in [-0.25, -0.2) is 9.98 Å². The molecule has 4 nitrogen and oxygen atoms in total. The van der Waals surface area contributed by atoms with Gasteiger partial charge < -0.3 is 10.6 Å². The number of thiazole rings is 1. The monoisotopic (exact) mass is 280 g/mol. The van der Waals surface area contributed by atoms with Gasteiger partial charge in [0.25, 0.3) is 0 Å². The largest absolute Gasteiger partial charge is 0.370 e. The first-order valence-corrected chi connectivity index (χ1v) is 7.93. The molecule has 106 valence electrons. The van der Waals surface area contributed by atoms with Gasteiger partial charge in [0, 0.05) is 18.5 Å². The van der Waals surface area contributed by atoms with E-state index in [0.29, 0.717) is 18.4 Å². The van der Waals surface area contributed by atoms with Gasteiger partial charge in [0.05, 0.1) is 12.2 Å². The molecule has 1 fully saturated rings. The summed E-state index contributed by atoms with van der Waals surface area (Å²) >= 11 is 1.67. The Labute approximate surface area is 119 Å². The van der Waals surface area contributed by atoms with Crippen LogP contribution in [0.4, 0.5) is 0 Å². The molecule has 0 radical (unpaired) electrons. The van der Waals surface area contributed by atoms with Crippen LogP contribution >= 0.6 is 11.3 Å². The summed E-state index contributed by atoms with van der Waals surface area (Å²) in [5.41, 5.74) is 7.23. The first-order valence-electron chi connectivity index (χ1n) is 7.05. The lowest BCUT2D eigenvalue weighted by molar-refractivity contribution is 0.270. The third kappa shape index (κ3) is 3.93. The lowest BCUT2D eigenvalue weighted by Gasteiger charge is -2.31. The number of rotatable bonds is 3. The van der Waals surface area contributed by atoms with Crippen molar-refractivity contribution in [3.63, 3.8) is 0 Å². The SMILES string of the molecule is CC1CCCN(C(N)=NCc2nc(C(C)C)cs2)C1. The van der Waals surface area contributed by atoms with Crippen molar-refractivity contribution < 1.29 is 0 Å². The molecule has 0 bridgehead atoms. The highest BCUT2D eigenvalue weighted by Gasteiger charge is 2.17. The molecule has 2 rings (SSSR count). The van der Waals surface area contributed by atoms with Gasteiger partial charge in [0.1, 0.15) is 5.01 Å². The Morgan fingerprint density at radius 3 is 3.05 bits per heavy atom. The van der Waals surface area contributed by atoms with E-state index in [0.717, 1.165) is 29.7 Å². The van der Waals surface area contributed by atoms with Crippen LogP contribution in [0.3, 0.4) is 0 Å². The second-order valence-corrected chi connectivity index (χ2v) is 6.63. The fraction of sp³-hybridized carbons (Fsp3) is 0.714. The second-order valence-electron chi connectivity index (χ2n) is 5.69. The Balaban J connectivity index is 1.93. The molecule has 1 aliphatic rings. The Morgan fingerprint density at radius 1 is 1.63 bits per heavy atom. The summed E-state index contributed by atoms with van der Waals surface area (Å²) in [6, 6.07) is 0. The summed E-state index contributed by atoms with van der Waals surface area (Å²) in [7, 11) is 0. The molecule has 1 saturated heterocycles. The molecule has 2 heterocycles. The molecule has 1 aromatic heterocycles. The smallest absolute Gasteiger partial charge is 0.191 e. The quantitative estimate of drug-likeness (QED) is 0.684. The van der Waals surface area contributed by atoms with Crippen LogP contribution in [0.2, 0.25) is 0 Å². The van der Waals surface area contributed by atoms with Crippen LogP contribution in [-0.4, -0.2) is 28.9 Å². The number of aliphatic imine (C=N–C) groups is 1. The van der Waals surface area contributed by atoms with Crippen LogP contribution in [-0.2, 0) is 6.54 Å². The van der Waals surface area contributed by atoms with E-state index in [1.54, 1.807) is 11.3 Å². The van der Waals surface area contributed by atoms with Crippen molar-refractivity contribution in [2.75, 3.05) is 13.1 Å². The van der Waals surface area contributed by atoms with Crippen LogP contribution in [0, 0.1) is 5.92 Å². The molecule has 0 spiro atoms. The lowest BCUT2D eigenvalue weighted by Crippen LogP contribution is -2.43. The van der Waals surface area contributed by atoms with Crippen molar-refractivity contribution in [3.05, 3.63) is 16.1 Å². The minimum Gasteiger partial charge on any atom is -0.370 e. The highest BCUT2D eigenvalue weighted by atomic mass is 32.1. The zero-order valence-electron chi connectivity index (χ0n) is 12.1. The maximum absolute atomic E-state index is 6.08. The van der Waals surface area contributed by atoms with Crippen molar-refractivity contribution >= 4 is 17.3 Å². The molecule has 1 atom stereocenters. The van der Waals surface area contributed by atoms with Gasteiger partial charge in [-0.15, -0.1) is 11.3 Å². The molecule has 1 aliphatic heterocycles. The van der Waals surface area contributed by atoms with E-state index in [-0.39, 0.29) is 0 Å². The van der Waals surface area contributed by atoms with Crippen molar-refractivity contribution in [2.45, 2.75) is 46.1 Å². The molecule has 1 aromatic rings. The van der Waals surface area contributed by atoms with Gasteiger partial charge >= 0.3 is 0 Å².